The van der Waals surface area contributed by atoms with Gasteiger partial charge in [0.2, 0.25) is 6.29 Å². The first-order valence-electron chi connectivity index (χ1n) is 10.2. The van der Waals surface area contributed by atoms with E-state index in [2.05, 4.69) is 32.5 Å². The Morgan fingerprint density at radius 1 is 1.39 bits per heavy atom. The molecule has 7 heteroatoms. The van der Waals surface area contributed by atoms with Crippen LogP contribution in [0.2, 0.25) is 0 Å². The molecule has 1 heterocycles. The molecule has 2 fully saturated rings. The summed E-state index contributed by atoms with van der Waals surface area (Å²) >= 11 is 0. The molecule has 0 N–H and O–H groups in total. The fourth-order valence-electron chi connectivity index (χ4n) is 3.95. The largest absolute Gasteiger partial charge is 0.461 e. The maximum absolute atomic E-state index is 12.4. The van der Waals surface area contributed by atoms with Crippen molar-refractivity contribution in [1.29, 1.82) is 0 Å². The molecule has 1 aliphatic carbocycles. The summed E-state index contributed by atoms with van der Waals surface area (Å²) in [5.74, 6) is -0.300. The number of ether oxygens (including phenoxy) is 3. The lowest BCUT2D eigenvalue weighted by Crippen LogP contribution is -2.41. The topological polar surface area (TPSA) is 83.4 Å². The Bertz CT molecular complexity index is 587. The monoisotopic (exact) mass is 395 g/mol. The minimum Gasteiger partial charge on any atom is -0.461 e. The van der Waals surface area contributed by atoms with Crippen molar-refractivity contribution in [3.8, 4) is 0 Å². The van der Waals surface area contributed by atoms with Crippen LogP contribution in [-0.2, 0) is 28.6 Å². The summed E-state index contributed by atoms with van der Waals surface area (Å²) in [6, 6.07) is 0. The molecule has 1 saturated heterocycles. The highest BCUT2D eigenvalue weighted by atomic mass is 16.7. The first-order chi connectivity index (χ1) is 13.4. The molecule has 7 nitrogen and oxygen atoms in total. The van der Waals surface area contributed by atoms with Gasteiger partial charge in [-0.25, -0.2) is 4.79 Å². The molecule has 2 rings (SSSR count). The summed E-state index contributed by atoms with van der Waals surface area (Å²) in [4.78, 5) is 29.6. The van der Waals surface area contributed by atoms with Crippen LogP contribution in [0.1, 0.15) is 53.4 Å². The number of hydrogen-bond donors (Lipinski definition) is 0. The first-order valence-corrected chi connectivity index (χ1v) is 10.2. The van der Waals surface area contributed by atoms with E-state index in [1.54, 1.807) is 6.92 Å². The van der Waals surface area contributed by atoms with Crippen LogP contribution in [0, 0.1) is 23.7 Å². The predicted molar refractivity (Wildman–Crippen MR) is 104 cm³/mol. The second-order valence-corrected chi connectivity index (χ2v) is 7.95. The van der Waals surface area contributed by atoms with Gasteiger partial charge in [0, 0.05) is 0 Å². The number of cyclic esters (lactones) is 1. The van der Waals surface area contributed by atoms with Crippen LogP contribution in [0.5, 0.6) is 0 Å². The molecule has 2 aliphatic rings. The molecular formula is C21H33NO6. The molecule has 0 radical (unpaired) electrons. The number of esters is 2. The Morgan fingerprint density at radius 3 is 2.79 bits per heavy atom. The second-order valence-electron chi connectivity index (χ2n) is 7.95. The lowest BCUT2D eigenvalue weighted by atomic mass is 9.75. The highest BCUT2D eigenvalue weighted by molar-refractivity contribution is 6.37. The van der Waals surface area contributed by atoms with Gasteiger partial charge < -0.3 is 19.0 Å². The predicted octanol–water partition coefficient (Wildman–Crippen LogP) is 3.47. The number of oxime groups is 1. The van der Waals surface area contributed by atoms with Crippen molar-refractivity contribution in [2.45, 2.75) is 65.8 Å². The van der Waals surface area contributed by atoms with Gasteiger partial charge in [-0.3, -0.25) is 4.79 Å². The smallest absolute Gasteiger partial charge is 0.356 e. The zero-order chi connectivity index (χ0) is 20.7. The fourth-order valence-corrected chi connectivity index (χ4v) is 3.95. The van der Waals surface area contributed by atoms with E-state index in [4.69, 9.17) is 19.0 Å². The molecule has 0 bridgehead atoms. The Kier molecular flexibility index (Phi) is 8.48. The van der Waals surface area contributed by atoms with E-state index >= 15 is 0 Å². The normalized spacial score (nSPS) is 30.8. The highest BCUT2D eigenvalue weighted by Crippen LogP contribution is 2.38. The molecular weight excluding hydrogens is 362 g/mol. The van der Waals surface area contributed by atoms with Crippen LogP contribution >= 0.6 is 0 Å². The van der Waals surface area contributed by atoms with Gasteiger partial charge in [-0.1, -0.05) is 45.0 Å². The molecule has 0 unspecified atom stereocenters. The van der Waals surface area contributed by atoms with Crippen molar-refractivity contribution < 1.29 is 28.6 Å². The van der Waals surface area contributed by atoms with Crippen LogP contribution in [-0.4, -0.2) is 43.3 Å². The van der Waals surface area contributed by atoms with E-state index in [1.165, 1.54) is 12.5 Å². The van der Waals surface area contributed by atoms with Crippen molar-refractivity contribution in [3.05, 3.63) is 12.7 Å². The third-order valence-corrected chi connectivity index (χ3v) is 5.42. The van der Waals surface area contributed by atoms with E-state index in [1.807, 2.05) is 0 Å². The zero-order valence-corrected chi connectivity index (χ0v) is 17.4. The summed E-state index contributed by atoms with van der Waals surface area (Å²) in [5, 5.41) is 3.92. The van der Waals surface area contributed by atoms with Gasteiger partial charge in [-0.15, -0.1) is 0 Å². The molecule has 1 saturated carbocycles. The van der Waals surface area contributed by atoms with Gasteiger partial charge >= 0.3 is 11.9 Å². The molecule has 0 aromatic heterocycles. The Labute approximate surface area is 167 Å². The molecule has 0 spiro atoms. The zero-order valence-electron chi connectivity index (χ0n) is 17.4. The van der Waals surface area contributed by atoms with E-state index in [0.717, 1.165) is 12.8 Å². The van der Waals surface area contributed by atoms with Crippen molar-refractivity contribution in [2.75, 3.05) is 13.2 Å². The van der Waals surface area contributed by atoms with Gasteiger partial charge in [-0.2, -0.15) is 0 Å². The maximum atomic E-state index is 12.4. The Hall–Kier alpha value is -1.89. The van der Waals surface area contributed by atoms with Crippen LogP contribution < -0.4 is 0 Å². The van der Waals surface area contributed by atoms with Crippen LogP contribution in [0.4, 0.5) is 0 Å². The minimum absolute atomic E-state index is 0.00832. The average molecular weight is 395 g/mol. The Morgan fingerprint density at radius 2 is 2.14 bits per heavy atom. The third kappa shape index (κ3) is 5.80. The Balaban J connectivity index is 2.20. The number of nitrogens with zero attached hydrogens (tertiary/aromatic N) is 1. The van der Waals surface area contributed by atoms with Crippen LogP contribution in [0.15, 0.2) is 17.8 Å². The molecule has 0 aromatic rings. The van der Waals surface area contributed by atoms with E-state index in [9.17, 15) is 9.59 Å². The van der Waals surface area contributed by atoms with E-state index in [-0.39, 0.29) is 31.5 Å². The number of carbonyl (C=O) groups excluding carboxylic acids is 2. The van der Waals surface area contributed by atoms with E-state index < -0.39 is 24.1 Å². The van der Waals surface area contributed by atoms with Gasteiger partial charge in [0.25, 0.3) is 0 Å². The molecule has 0 amide bonds. The SMILES string of the molecule is C=CCO/N=C(/C(=O)OCC)[C@@H]1CC(=O)O[C@H]1O[C@@H]1C[C@H](C)CC[C@H]1C(C)C. The third-order valence-electron chi connectivity index (χ3n) is 5.42. The lowest BCUT2D eigenvalue weighted by molar-refractivity contribution is -0.191. The van der Waals surface area contributed by atoms with Crippen molar-refractivity contribution in [3.63, 3.8) is 0 Å². The van der Waals surface area contributed by atoms with Crippen LogP contribution in [0.3, 0.4) is 0 Å². The average Bonchev–Trinajstić information content (AvgIpc) is 2.98. The van der Waals surface area contributed by atoms with Crippen LogP contribution in [0.25, 0.3) is 0 Å². The number of carbonyl (C=O) groups is 2. The molecule has 28 heavy (non-hydrogen) atoms. The summed E-state index contributed by atoms with van der Waals surface area (Å²) < 4.78 is 16.8. The highest BCUT2D eigenvalue weighted by Gasteiger charge is 2.45. The van der Waals surface area contributed by atoms with E-state index in [0.29, 0.717) is 17.8 Å². The number of hydrogen-bond acceptors (Lipinski definition) is 7. The molecule has 0 aromatic carbocycles. The first kappa shape index (κ1) is 22.4. The minimum atomic E-state index is -0.862. The summed E-state index contributed by atoms with van der Waals surface area (Å²) in [6.07, 6.45) is 3.79. The van der Waals surface area contributed by atoms with Gasteiger partial charge in [0.05, 0.1) is 25.0 Å². The second kappa shape index (κ2) is 10.6. The summed E-state index contributed by atoms with van der Waals surface area (Å²) in [6.45, 7) is 12.2. The van der Waals surface area contributed by atoms with Gasteiger partial charge in [-0.05, 0) is 37.5 Å². The maximum Gasteiger partial charge on any atom is 0.356 e. The van der Waals surface area contributed by atoms with Gasteiger partial charge in [0.15, 0.2) is 5.71 Å². The summed E-state index contributed by atoms with van der Waals surface area (Å²) in [7, 11) is 0. The fraction of sp³-hybridized carbons (Fsp3) is 0.762. The molecule has 158 valence electrons. The molecule has 1 aliphatic heterocycles. The van der Waals surface area contributed by atoms with Crippen molar-refractivity contribution in [2.24, 2.45) is 28.8 Å². The standard InChI is InChI=1S/C21H33NO6/c1-6-10-26-22-19(20(24)25-7-2)16-12-18(23)28-21(16)27-17-11-14(5)8-9-15(17)13(3)4/h6,13-17,21H,1,7-12H2,2-5H3/b22-19+/t14-,15+,16+,17-,21-/m1/s1. The molecule has 5 atom stereocenters. The summed E-state index contributed by atoms with van der Waals surface area (Å²) in [5.41, 5.74) is 0.0181. The van der Waals surface area contributed by atoms with Gasteiger partial charge in [0.1, 0.15) is 6.61 Å². The van der Waals surface area contributed by atoms with Crippen molar-refractivity contribution in [1.82, 2.24) is 0 Å². The van der Waals surface area contributed by atoms with Crippen molar-refractivity contribution >= 4 is 17.7 Å². The lowest BCUT2D eigenvalue weighted by Gasteiger charge is -2.38. The quantitative estimate of drug-likeness (QED) is 0.195. The number of rotatable bonds is 9.